The summed E-state index contributed by atoms with van der Waals surface area (Å²) in [6.07, 6.45) is 4.10. The Bertz CT molecular complexity index is 714. The number of aliphatic hydroxyl groups is 1. The molecule has 0 amide bonds. The minimum atomic E-state index is -3.74. The number of sulfonamides is 1. The van der Waals surface area contributed by atoms with Crippen LogP contribution in [-0.2, 0) is 16.6 Å². The smallest absolute Gasteiger partial charge is 0.266 e. The maximum atomic E-state index is 12.2. The van der Waals surface area contributed by atoms with Crippen LogP contribution in [0.5, 0.6) is 0 Å². The molecule has 0 saturated heterocycles. The van der Waals surface area contributed by atoms with E-state index < -0.39 is 10.0 Å². The monoisotopic (exact) mass is 360 g/mol. The summed E-state index contributed by atoms with van der Waals surface area (Å²) in [5.74, 6) is 0.267. The van der Waals surface area contributed by atoms with Crippen molar-refractivity contribution in [2.24, 2.45) is 0 Å². The Morgan fingerprint density at radius 2 is 2.20 bits per heavy atom. The van der Waals surface area contributed by atoms with E-state index in [0.29, 0.717) is 5.56 Å². The summed E-state index contributed by atoms with van der Waals surface area (Å²) in [6, 6.07) is 1.76. The topological polar surface area (TPSA) is 97.1 Å². The van der Waals surface area contributed by atoms with E-state index in [1.807, 2.05) is 0 Å². The van der Waals surface area contributed by atoms with E-state index in [4.69, 9.17) is 5.11 Å². The van der Waals surface area contributed by atoms with Crippen molar-refractivity contribution in [3.63, 3.8) is 0 Å². The van der Waals surface area contributed by atoms with E-state index >= 15 is 0 Å². The molecule has 0 aliphatic rings. The number of rotatable bonds is 5. The quantitative estimate of drug-likeness (QED) is 0.833. The Kier molecular flexibility index (Phi) is 4.41. The fourth-order valence-corrected chi connectivity index (χ4v) is 3.02. The minimum absolute atomic E-state index is 0.0232. The van der Waals surface area contributed by atoms with Gasteiger partial charge >= 0.3 is 0 Å². The third-order valence-corrected chi connectivity index (χ3v) is 4.25. The SMILES string of the molecule is Cc1cc(Br)cnc1NS(=O)(=O)c1cnn(CCO)c1. The molecular formula is C11H13BrN4O3S. The summed E-state index contributed by atoms with van der Waals surface area (Å²) >= 11 is 3.26. The van der Waals surface area contributed by atoms with E-state index in [9.17, 15) is 8.42 Å². The first-order chi connectivity index (χ1) is 9.42. The van der Waals surface area contributed by atoms with Gasteiger partial charge in [-0.15, -0.1) is 0 Å². The second-order valence-corrected chi connectivity index (χ2v) is 6.69. The normalized spacial score (nSPS) is 11.6. The fraction of sp³-hybridized carbons (Fsp3) is 0.273. The Morgan fingerprint density at radius 1 is 1.45 bits per heavy atom. The van der Waals surface area contributed by atoms with Gasteiger partial charge in [-0.3, -0.25) is 9.40 Å². The molecule has 0 aliphatic heterocycles. The molecule has 0 radical (unpaired) electrons. The van der Waals surface area contributed by atoms with Crippen LogP contribution in [0.2, 0.25) is 0 Å². The molecule has 2 heterocycles. The average Bonchev–Trinajstić information content (AvgIpc) is 2.83. The highest BCUT2D eigenvalue weighted by molar-refractivity contribution is 9.10. The van der Waals surface area contributed by atoms with Gasteiger partial charge in [-0.2, -0.15) is 5.10 Å². The lowest BCUT2D eigenvalue weighted by Crippen LogP contribution is -2.14. The molecule has 7 nitrogen and oxygen atoms in total. The molecule has 2 aromatic heterocycles. The van der Waals surface area contributed by atoms with Crippen molar-refractivity contribution >= 4 is 31.8 Å². The Morgan fingerprint density at radius 3 is 2.85 bits per heavy atom. The molecule has 2 N–H and O–H groups in total. The summed E-state index contributed by atoms with van der Waals surface area (Å²) in [4.78, 5) is 4.05. The summed E-state index contributed by atoms with van der Waals surface area (Å²) < 4.78 is 28.9. The number of anilines is 1. The van der Waals surface area contributed by atoms with Crippen LogP contribution >= 0.6 is 15.9 Å². The first kappa shape index (κ1) is 14.9. The van der Waals surface area contributed by atoms with Gasteiger partial charge in [-0.1, -0.05) is 0 Å². The van der Waals surface area contributed by atoms with E-state index in [0.717, 1.165) is 4.47 Å². The van der Waals surface area contributed by atoms with Crippen molar-refractivity contribution in [3.05, 3.63) is 34.7 Å². The minimum Gasteiger partial charge on any atom is -0.394 e. The van der Waals surface area contributed by atoms with Gasteiger partial charge < -0.3 is 5.11 Å². The Hall–Kier alpha value is -1.45. The molecule has 0 bridgehead atoms. The maximum absolute atomic E-state index is 12.2. The van der Waals surface area contributed by atoms with E-state index in [1.165, 1.54) is 23.3 Å². The molecule has 0 aliphatic carbocycles. The number of pyridine rings is 1. The third kappa shape index (κ3) is 3.35. The van der Waals surface area contributed by atoms with Crippen molar-refractivity contribution in [3.8, 4) is 0 Å². The van der Waals surface area contributed by atoms with Gasteiger partial charge in [-0.05, 0) is 34.5 Å². The predicted octanol–water partition coefficient (Wildman–Crippen LogP) is 1.14. The number of aromatic nitrogens is 3. The van der Waals surface area contributed by atoms with E-state index in [1.54, 1.807) is 13.0 Å². The molecule has 9 heteroatoms. The van der Waals surface area contributed by atoms with Gasteiger partial charge in [0.2, 0.25) is 0 Å². The number of halogens is 1. The van der Waals surface area contributed by atoms with Crippen LogP contribution in [0.4, 0.5) is 5.82 Å². The van der Waals surface area contributed by atoms with Gasteiger partial charge in [0, 0.05) is 16.9 Å². The van der Waals surface area contributed by atoms with Gasteiger partial charge in [-0.25, -0.2) is 13.4 Å². The van der Waals surface area contributed by atoms with Crippen molar-refractivity contribution in [1.82, 2.24) is 14.8 Å². The van der Waals surface area contributed by atoms with Crippen molar-refractivity contribution in [2.75, 3.05) is 11.3 Å². The van der Waals surface area contributed by atoms with Gasteiger partial charge in [0.1, 0.15) is 10.7 Å². The largest absolute Gasteiger partial charge is 0.394 e. The Balaban J connectivity index is 2.26. The number of aliphatic hydroxyl groups excluding tert-OH is 1. The zero-order valence-electron chi connectivity index (χ0n) is 10.6. The summed E-state index contributed by atoms with van der Waals surface area (Å²) in [7, 11) is -3.74. The first-order valence-electron chi connectivity index (χ1n) is 5.70. The molecule has 20 heavy (non-hydrogen) atoms. The number of nitrogens with zero attached hydrogens (tertiary/aromatic N) is 3. The highest BCUT2D eigenvalue weighted by atomic mass is 79.9. The summed E-state index contributed by atoms with van der Waals surface area (Å²) in [5, 5.41) is 12.6. The lowest BCUT2D eigenvalue weighted by Gasteiger charge is -2.08. The molecule has 108 valence electrons. The summed E-state index contributed by atoms with van der Waals surface area (Å²) in [6.45, 7) is 1.89. The van der Waals surface area contributed by atoms with Crippen LogP contribution in [0.1, 0.15) is 5.56 Å². The van der Waals surface area contributed by atoms with Gasteiger partial charge in [0.25, 0.3) is 10.0 Å². The lowest BCUT2D eigenvalue weighted by molar-refractivity contribution is 0.269. The number of nitrogens with one attached hydrogen (secondary N) is 1. The van der Waals surface area contributed by atoms with Crippen molar-refractivity contribution in [2.45, 2.75) is 18.4 Å². The molecule has 0 fully saturated rings. The van der Waals surface area contributed by atoms with Crippen LogP contribution in [0, 0.1) is 6.92 Å². The third-order valence-electron chi connectivity index (χ3n) is 2.52. The zero-order valence-corrected chi connectivity index (χ0v) is 13.0. The standard InChI is InChI=1S/C11H13BrN4O3S/c1-8-4-9(12)5-13-11(8)15-20(18,19)10-6-14-16(7-10)2-3-17/h4-7,17H,2-3H2,1H3,(H,13,15). The second-order valence-electron chi connectivity index (χ2n) is 4.09. The second kappa shape index (κ2) is 5.90. The summed E-state index contributed by atoms with van der Waals surface area (Å²) in [5.41, 5.74) is 0.700. The lowest BCUT2D eigenvalue weighted by atomic mass is 10.3. The highest BCUT2D eigenvalue weighted by Gasteiger charge is 2.18. The van der Waals surface area contributed by atoms with Crippen LogP contribution in [-0.4, -0.2) is 34.9 Å². The van der Waals surface area contributed by atoms with Gasteiger partial charge in [0.05, 0.1) is 19.3 Å². The molecule has 2 aromatic rings. The number of aryl methyl sites for hydroxylation is 1. The number of hydrogen-bond acceptors (Lipinski definition) is 5. The molecule has 0 unspecified atom stereocenters. The van der Waals surface area contributed by atoms with Crippen LogP contribution in [0.25, 0.3) is 0 Å². The van der Waals surface area contributed by atoms with Crippen LogP contribution in [0.3, 0.4) is 0 Å². The maximum Gasteiger partial charge on any atom is 0.266 e. The average molecular weight is 361 g/mol. The Labute approximate surface area is 124 Å². The molecule has 0 saturated carbocycles. The highest BCUT2D eigenvalue weighted by Crippen LogP contribution is 2.20. The molecule has 0 atom stereocenters. The van der Waals surface area contributed by atoms with Gasteiger partial charge in [0.15, 0.2) is 0 Å². The first-order valence-corrected chi connectivity index (χ1v) is 7.98. The molecule has 0 spiro atoms. The number of hydrogen-bond donors (Lipinski definition) is 2. The van der Waals surface area contributed by atoms with Crippen LogP contribution < -0.4 is 4.72 Å². The van der Waals surface area contributed by atoms with E-state index in [-0.39, 0.29) is 23.9 Å². The molecular weight excluding hydrogens is 348 g/mol. The fourth-order valence-electron chi connectivity index (χ4n) is 1.54. The zero-order chi connectivity index (χ0) is 14.8. The molecule has 2 rings (SSSR count). The van der Waals surface area contributed by atoms with Crippen molar-refractivity contribution in [1.29, 1.82) is 0 Å². The van der Waals surface area contributed by atoms with E-state index in [2.05, 4.69) is 30.7 Å². The molecule has 0 aromatic carbocycles. The van der Waals surface area contributed by atoms with Crippen molar-refractivity contribution < 1.29 is 13.5 Å². The van der Waals surface area contributed by atoms with Crippen LogP contribution in [0.15, 0.2) is 34.0 Å². The predicted molar refractivity (Wildman–Crippen MR) is 76.8 cm³/mol.